The normalized spacial score (nSPS) is 16.5. The smallest absolute Gasteiger partial charge is 0.257 e. The molecule has 0 atom stereocenters. The molecule has 0 saturated heterocycles. The van der Waals surface area contributed by atoms with E-state index in [-0.39, 0.29) is 17.5 Å². The summed E-state index contributed by atoms with van der Waals surface area (Å²) in [5, 5.41) is 3.68. The first-order valence-corrected chi connectivity index (χ1v) is 12.5. The number of sulfonamides is 1. The monoisotopic (exact) mass is 474 g/mol. The maximum absolute atomic E-state index is 13.2. The van der Waals surface area contributed by atoms with Crippen molar-refractivity contribution in [3.05, 3.63) is 58.7 Å². The molecular weight excluding hydrogens is 459 g/mol. The standard InChI is InChI=1S/C20H15FN4O3S3/c1-11-17(12-2-5-14(21)6-3-12)22-19(29-11)23-18(26)13-4-7-15-16(10-13)30-20-24-31(27,28)9-8-25(15)20/h2-7,10H,8-9H2,1H3,(H,22,23,26). The molecule has 158 valence electrons. The van der Waals surface area contributed by atoms with Crippen LogP contribution in [-0.2, 0) is 10.0 Å². The zero-order valence-electron chi connectivity index (χ0n) is 16.1. The maximum Gasteiger partial charge on any atom is 0.257 e. The lowest BCUT2D eigenvalue weighted by Gasteiger charge is -2.22. The number of rotatable bonds is 3. The Morgan fingerprint density at radius 2 is 1.97 bits per heavy atom. The molecule has 2 aliphatic heterocycles. The largest absolute Gasteiger partial charge is 0.318 e. The fourth-order valence-corrected chi connectivity index (χ4v) is 6.49. The van der Waals surface area contributed by atoms with E-state index in [1.807, 2.05) is 11.8 Å². The van der Waals surface area contributed by atoms with E-state index in [1.165, 1.54) is 35.2 Å². The Balaban J connectivity index is 1.37. The molecule has 3 heterocycles. The summed E-state index contributed by atoms with van der Waals surface area (Å²) in [6.07, 6.45) is 0. The van der Waals surface area contributed by atoms with E-state index in [4.69, 9.17) is 0 Å². The summed E-state index contributed by atoms with van der Waals surface area (Å²) in [6.45, 7) is 2.24. The summed E-state index contributed by atoms with van der Waals surface area (Å²) in [5.74, 6) is -0.667. The number of aryl methyl sites for hydroxylation is 1. The summed E-state index contributed by atoms with van der Waals surface area (Å²) in [5.41, 5.74) is 2.75. The predicted octanol–water partition coefficient (Wildman–Crippen LogP) is 4.12. The highest BCUT2D eigenvalue weighted by Crippen LogP contribution is 2.42. The molecule has 1 aromatic heterocycles. The van der Waals surface area contributed by atoms with Gasteiger partial charge in [-0.25, -0.2) is 17.8 Å². The lowest BCUT2D eigenvalue weighted by molar-refractivity contribution is 0.102. The number of hydrogen-bond acceptors (Lipinski definition) is 7. The van der Waals surface area contributed by atoms with Crippen molar-refractivity contribution in [2.75, 3.05) is 22.5 Å². The molecule has 0 saturated carbocycles. The third-order valence-electron chi connectivity index (χ3n) is 4.87. The summed E-state index contributed by atoms with van der Waals surface area (Å²) in [4.78, 5) is 20.8. The quantitative estimate of drug-likeness (QED) is 0.614. The van der Waals surface area contributed by atoms with E-state index in [1.54, 1.807) is 30.3 Å². The molecule has 11 heteroatoms. The van der Waals surface area contributed by atoms with Crippen LogP contribution in [-0.4, -0.2) is 36.8 Å². The van der Waals surface area contributed by atoms with E-state index in [0.717, 1.165) is 21.0 Å². The van der Waals surface area contributed by atoms with E-state index < -0.39 is 10.0 Å². The van der Waals surface area contributed by atoms with Crippen molar-refractivity contribution >= 4 is 55.0 Å². The number of aromatic nitrogens is 1. The Morgan fingerprint density at radius 3 is 2.74 bits per heavy atom. The number of thioether (sulfide) groups is 1. The number of carbonyl (C=O) groups excluding carboxylic acids is 1. The van der Waals surface area contributed by atoms with E-state index >= 15 is 0 Å². The van der Waals surface area contributed by atoms with Gasteiger partial charge < -0.3 is 4.90 Å². The van der Waals surface area contributed by atoms with Crippen molar-refractivity contribution in [2.45, 2.75) is 11.8 Å². The number of thiazole rings is 1. The highest BCUT2D eigenvalue weighted by Gasteiger charge is 2.33. The minimum absolute atomic E-state index is 0.0292. The van der Waals surface area contributed by atoms with Crippen molar-refractivity contribution in [1.82, 2.24) is 4.98 Å². The molecule has 31 heavy (non-hydrogen) atoms. The molecule has 2 aliphatic rings. The summed E-state index contributed by atoms with van der Waals surface area (Å²) in [7, 11) is -3.43. The van der Waals surface area contributed by atoms with E-state index in [2.05, 4.69) is 14.7 Å². The molecule has 0 aliphatic carbocycles. The number of anilines is 2. The van der Waals surface area contributed by atoms with Gasteiger partial charge in [-0.2, -0.15) is 0 Å². The highest BCUT2D eigenvalue weighted by molar-refractivity contribution is 8.15. The van der Waals surface area contributed by atoms with Crippen molar-refractivity contribution in [2.24, 2.45) is 4.40 Å². The van der Waals surface area contributed by atoms with Crippen LogP contribution < -0.4 is 10.2 Å². The van der Waals surface area contributed by atoms with Crippen LogP contribution in [0.1, 0.15) is 15.2 Å². The Morgan fingerprint density at radius 1 is 1.19 bits per heavy atom. The lowest BCUT2D eigenvalue weighted by Crippen LogP contribution is -2.35. The van der Waals surface area contributed by atoms with Gasteiger partial charge in [0.25, 0.3) is 15.9 Å². The summed E-state index contributed by atoms with van der Waals surface area (Å²) in [6, 6.07) is 11.3. The van der Waals surface area contributed by atoms with Crippen LogP contribution in [0.25, 0.3) is 11.3 Å². The topological polar surface area (TPSA) is 91.7 Å². The SMILES string of the molecule is Cc1sc(NC(=O)c2ccc3c(c2)SC2=NS(=O)(=O)CCN23)nc1-c1ccc(F)cc1. The van der Waals surface area contributed by atoms with Crippen LogP contribution in [0.3, 0.4) is 0 Å². The van der Waals surface area contributed by atoms with Crippen LogP contribution in [0, 0.1) is 12.7 Å². The second kappa shape index (κ2) is 7.43. The van der Waals surface area contributed by atoms with E-state index in [9.17, 15) is 17.6 Å². The minimum atomic E-state index is -3.43. The van der Waals surface area contributed by atoms with Crippen molar-refractivity contribution in [1.29, 1.82) is 0 Å². The molecule has 1 amide bonds. The first kappa shape index (κ1) is 20.2. The van der Waals surface area contributed by atoms with Gasteiger partial charge in [0.2, 0.25) is 0 Å². The van der Waals surface area contributed by atoms with Gasteiger partial charge in [0.05, 0.1) is 17.1 Å². The lowest BCUT2D eigenvalue weighted by atomic mass is 10.1. The second-order valence-corrected chi connectivity index (χ2v) is 10.9. The Labute approximate surface area is 186 Å². The molecule has 0 unspecified atom stereocenters. The van der Waals surface area contributed by atoms with E-state index in [0.29, 0.717) is 28.1 Å². The number of benzene rings is 2. The summed E-state index contributed by atoms with van der Waals surface area (Å²) < 4.78 is 40.5. The van der Waals surface area contributed by atoms with Crippen LogP contribution in [0.5, 0.6) is 0 Å². The molecule has 5 rings (SSSR count). The van der Waals surface area contributed by atoms with Crippen LogP contribution in [0.15, 0.2) is 51.8 Å². The molecule has 2 aromatic carbocycles. The average molecular weight is 475 g/mol. The Hall–Kier alpha value is -2.76. The molecule has 0 fully saturated rings. The van der Waals surface area contributed by atoms with Gasteiger partial charge in [-0.1, -0.05) is 0 Å². The third kappa shape index (κ3) is 3.84. The molecule has 7 nitrogen and oxygen atoms in total. The van der Waals surface area contributed by atoms with Gasteiger partial charge in [0, 0.05) is 27.4 Å². The van der Waals surface area contributed by atoms with Crippen molar-refractivity contribution < 1.29 is 17.6 Å². The van der Waals surface area contributed by atoms with Crippen LogP contribution in [0.4, 0.5) is 15.2 Å². The number of carbonyl (C=O) groups is 1. The highest BCUT2D eigenvalue weighted by atomic mass is 32.2. The summed E-state index contributed by atoms with van der Waals surface area (Å²) >= 11 is 2.58. The fourth-order valence-electron chi connectivity index (χ4n) is 3.37. The number of hydrogen-bond donors (Lipinski definition) is 1. The number of fused-ring (bicyclic) bond motifs is 3. The molecule has 0 spiro atoms. The van der Waals surface area contributed by atoms with Gasteiger partial charge in [-0.3, -0.25) is 10.1 Å². The van der Waals surface area contributed by atoms with Crippen molar-refractivity contribution in [3.8, 4) is 11.3 Å². The number of nitrogens with zero attached hydrogens (tertiary/aromatic N) is 3. The maximum atomic E-state index is 13.2. The predicted molar refractivity (Wildman–Crippen MR) is 121 cm³/mol. The van der Waals surface area contributed by atoms with Gasteiger partial charge in [-0.05, 0) is 61.2 Å². The van der Waals surface area contributed by atoms with Gasteiger partial charge in [-0.15, -0.1) is 15.7 Å². The third-order valence-corrected chi connectivity index (χ3v) is 8.06. The number of amides is 1. The molecule has 0 radical (unpaired) electrons. The number of nitrogens with one attached hydrogen (secondary N) is 1. The van der Waals surface area contributed by atoms with Gasteiger partial charge >= 0.3 is 0 Å². The fraction of sp³-hybridized carbons (Fsp3) is 0.150. The van der Waals surface area contributed by atoms with Crippen LogP contribution >= 0.6 is 23.1 Å². The Bertz CT molecular complexity index is 1350. The number of halogens is 1. The molecular formula is C20H15FN4O3S3. The van der Waals surface area contributed by atoms with Crippen molar-refractivity contribution in [3.63, 3.8) is 0 Å². The zero-order valence-corrected chi connectivity index (χ0v) is 18.6. The van der Waals surface area contributed by atoms with Crippen LogP contribution in [0.2, 0.25) is 0 Å². The first-order chi connectivity index (χ1) is 14.8. The second-order valence-electron chi connectivity index (χ2n) is 6.98. The molecule has 0 bridgehead atoms. The Kier molecular flexibility index (Phi) is 4.83. The average Bonchev–Trinajstić information content (AvgIpc) is 3.26. The molecule has 3 aromatic rings. The molecule has 1 N–H and O–H groups in total. The van der Waals surface area contributed by atoms with Gasteiger partial charge in [0.1, 0.15) is 5.82 Å². The first-order valence-electron chi connectivity index (χ1n) is 9.26. The number of amidine groups is 1. The van der Waals surface area contributed by atoms with Gasteiger partial charge in [0.15, 0.2) is 10.3 Å². The minimum Gasteiger partial charge on any atom is -0.318 e. The zero-order chi connectivity index (χ0) is 21.8.